The summed E-state index contributed by atoms with van der Waals surface area (Å²) in [4.78, 5) is 31.3. The number of ketones is 1. The van der Waals surface area contributed by atoms with Gasteiger partial charge in [0.1, 0.15) is 38.2 Å². The van der Waals surface area contributed by atoms with Gasteiger partial charge in [0.2, 0.25) is 0 Å². The van der Waals surface area contributed by atoms with Gasteiger partial charge in [-0.1, -0.05) is 0 Å². The number of fused-ring (bicyclic) bond motifs is 1. The number of hydrogen-bond donors (Lipinski definition) is 1. The van der Waals surface area contributed by atoms with Gasteiger partial charge >= 0.3 is 12.1 Å². The van der Waals surface area contributed by atoms with Crippen LogP contribution in [0, 0.1) is 5.82 Å². The molecule has 0 saturated carbocycles. The summed E-state index contributed by atoms with van der Waals surface area (Å²) in [7, 11) is 0. The van der Waals surface area contributed by atoms with Gasteiger partial charge in [-0.15, -0.1) is 0 Å². The second kappa shape index (κ2) is 7.11. The number of H-pyrrole nitrogens is 1. The van der Waals surface area contributed by atoms with Crippen LogP contribution in [0.2, 0.25) is 0 Å². The number of pyridine rings is 1. The molecular formula is C19H18F4N4O2+2. The predicted octanol–water partition coefficient (Wildman–Crippen LogP) is 0.550. The van der Waals surface area contributed by atoms with Crippen molar-refractivity contribution < 1.29 is 37.0 Å². The van der Waals surface area contributed by atoms with Gasteiger partial charge in [0.25, 0.3) is 11.6 Å². The molecular weight excluding hydrogens is 392 g/mol. The number of carbonyl (C=O) groups is 2. The van der Waals surface area contributed by atoms with E-state index < -0.39 is 29.2 Å². The van der Waals surface area contributed by atoms with E-state index in [0.717, 1.165) is 23.2 Å². The third-order valence-electron chi connectivity index (χ3n) is 5.25. The minimum atomic E-state index is -4.40. The van der Waals surface area contributed by atoms with E-state index in [1.807, 2.05) is 4.90 Å². The van der Waals surface area contributed by atoms with Crippen LogP contribution in [0.25, 0.3) is 0 Å². The number of anilines is 2. The summed E-state index contributed by atoms with van der Waals surface area (Å²) in [5, 5.41) is 0. The summed E-state index contributed by atoms with van der Waals surface area (Å²) < 4.78 is 51.6. The van der Waals surface area contributed by atoms with Gasteiger partial charge in [0, 0.05) is 6.07 Å². The summed E-state index contributed by atoms with van der Waals surface area (Å²) in [6, 6.07) is 6.09. The second-order valence-electron chi connectivity index (χ2n) is 7.08. The molecule has 2 N–H and O–H groups in total. The van der Waals surface area contributed by atoms with Gasteiger partial charge in [-0.05, 0) is 24.3 Å². The highest BCUT2D eigenvalue weighted by atomic mass is 19.4. The van der Waals surface area contributed by atoms with E-state index >= 15 is 0 Å². The van der Waals surface area contributed by atoms with Crippen LogP contribution >= 0.6 is 0 Å². The molecule has 3 heterocycles. The molecule has 1 aromatic heterocycles. The molecule has 1 amide bonds. The van der Waals surface area contributed by atoms with Crippen molar-refractivity contribution in [1.29, 1.82) is 0 Å². The predicted molar refractivity (Wildman–Crippen MR) is 94.0 cm³/mol. The fourth-order valence-corrected chi connectivity index (χ4v) is 3.66. The molecule has 1 fully saturated rings. The second-order valence-corrected chi connectivity index (χ2v) is 7.08. The lowest BCUT2D eigenvalue weighted by atomic mass is 10.1. The van der Waals surface area contributed by atoms with E-state index in [9.17, 15) is 27.2 Å². The number of carbonyl (C=O) groups excluding carboxylic acids is 2. The highest BCUT2D eigenvalue weighted by molar-refractivity contribution is 6.52. The van der Waals surface area contributed by atoms with Crippen LogP contribution in [-0.2, 0) is 11.0 Å². The number of benzene rings is 1. The Labute approximate surface area is 163 Å². The van der Waals surface area contributed by atoms with Gasteiger partial charge in [-0.2, -0.15) is 13.2 Å². The molecule has 10 heteroatoms. The molecule has 0 spiro atoms. The molecule has 2 aromatic rings. The van der Waals surface area contributed by atoms with Crippen molar-refractivity contribution in [3.8, 4) is 0 Å². The van der Waals surface area contributed by atoms with E-state index in [-0.39, 0.29) is 17.9 Å². The van der Waals surface area contributed by atoms with E-state index in [1.54, 1.807) is 0 Å². The van der Waals surface area contributed by atoms with Crippen molar-refractivity contribution in [2.45, 2.75) is 6.18 Å². The third kappa shape index (κ3) is 3.67. The Bertz CT molecular complexity index is 954. The first kappa shape index (κ1) is 19.3. The number of alkyl halides is 3. The number of amides is 1. The van der Waals surface area contributed by atoms with Gasteiger partial charge in [0.05, 0.1) is 16.8 Å². The summed E-state index contributed by atoms with van der Waals surface area (Å²) >= 11 is 0. The number of Topliss-reactive ketones (excluding diaryl/α,β-unsaturated/α-hetero) is 1. The average molecular weight is 410 g/mol. The van der Waals surface area contributed by atoms with Crippen LogP contribution in [-0.4, -0.2) is 44.5 Å². The summed E-state index contributed by atoms with van der Waals surface area (Å²) in [6.45, 7) is 2.56. The van der Waals surface area contributed by atoms with Crippen molar-refractivity contribution in [2.75, 3.05) is 42.6 Å². The van der Waals surface area contributed by atoms with Gasteiger partial charge in [-0.25, -0.2) is 9.37 Å². The monoisotopic (exact) mass is 410 g/mol. The summed E-state index contributed by atoms with van der Waals surface area (Å²) in [5.41, 5.74) is -0.256. The van der Waals surface area contributed by atoms with Gasteiger partial charge in [0.15, 0.2) is 6.67 Å². The van der Waals surface area contributed by atoms with Crippen LogP contribution in [0.4, 0.5) is 29.1 Å². The number of nitrogens with zero attached hydrogens (tertiary/aromatic N) is 2. The maximum Gasteiger partial charge on any atom is 0.419 e. The topological polar surface area (TPSA) is 59.2 Å². The molecule has 29 heavy (non-hydrogen) atoms. The molecule has 0 bridgehead atoms. The Morgan fingerprint density at radius 2 is 1.79 bits per heavy atom. The number of nitrogens with one attached hydrogen (secondary N) is 2. The Morgan fingerprint density at radius 1 is 1.07 bits per heavy atom. The summed E-state index contributed by atoms with van der Waals surface area (Å²) in [5.74, 6) is -1.25. The van der Waals surface area contributed by atoms with Crippen LogP contribution < -0.4 is 19.7 Å². The van der Waals surface area contributed by atoms with Gasteiger partial charge < -0.3 is 4.90 Å². The Morgan fingerprint density at radius 3 is 2.41 bits per heavy atom. The minimum absolute atomic E-state index is 0.203. The zero-order valence-corrected chi connectivity index (χ0v) is 15.2. The first-order valence-electron chi connectivity index (χ1n) is 9.07. The molecule has 152 valence electrons. The van der Waals surface area contributed by atoms with Crippen molar-refractivity contribution >= 4 is 23.2 Å². The van der Waals surface area contributed by atoms with Gasteiger partial charge in [-0.3, -0.25) is 19.4 Å². The van der Waals surface area contributed by atoms with E-state index in [0.29, 0.717) is 32.0 Å². The van der Waals surface area contributed by atoms with Crippen molar-refractivity contribution in [3.05, 3.63) is 53.5 Å². The molecule has 0 aliphatic carbocycles. The molecule has 2 aliphatic rings. The maximum absolute atomic E-state index is 13.6. The number of hydrogen-bond acceptors (Lipinski definition) is 3. The molecule has 6 nitrogen and oxygen atoms in total. The zero-order chi connectivity index (χ0) is 20.8. The number of aromatic nitrogens is 1. The molecule has 2 aliphatic heterocycles. The quantitative estimate of drug-likeness (QED) is 0.594. The third-order valence-corrected chi connectivity index (χ3v) is 5.25. The molecule has 0 radical (unpaired) electrons. The largest absolute Gasteiger partial charge is 0.419 e. The average Bonchev–Trinajstić information content (AvgIpc) is 2.92. The van der Waals surface area contributed by atoms with E-state index in [1.165, 1.54) is 23.1 Å². The first-order chi connectivity index (χ1) is 13.7. The fourth-order valence-electron chi connectivity index (χ4n) is 3.66. The molecule has 0 unspecified atom stereocenters. The zero-order valence-electron chi connectivity index (χ0n) is 15.2. The molecule has 1 saturated heterocycles. The molecule has 1 aromatic carbocycles. The number of piperazine rings is 1. The minimum Gasteiger partial charge on any atom is -0.311 e. The standard InChI is InChI=1S/C19H16F4N4O2/c20-13-2-3-14-15(9-13)27(18(29)17(14)28)11-25-5-7-26(8-6-25)16-4-1-12(10-24-16)19(21,22)23/h1-4,9-10H,5-8,11H2/p+2. The highest BCUT2D eigenvalue weighted by Crippen LogP contribution is 2.29. The number of rotatable bonds is 3. The molecule has 4 rings (SSSR count). The highest BCUT2D eigenvalue weighted by Gasteiger charge is 2.39. The fraction of sp³-hybridized carbons (Fsp3) is 0.316. The number of quaternary nitrogens is 1. The lowest BCUT2D eigenvalue weighted by Gasteiger charge is -2.30. The van der Waals surface area contributed by atoms with E-state index in [2.05, 4.69) is 4.98 Å². The number of aromatic amines is 1. The normalized spacial score (nSPS) is 17.8. The lowest BCUT2D eigenvalue weighted by Crippen LogP contribution is -3.16. The van der Waals surface area contributed by atoms with E-state index in [4.69, 9.17) is 0 Å². The Kier molecular flexibility index (Phi) is 4.73. The smallest absolute Gasteiger partial charge is 0.311 e. The van der Waals surface area contributed by atoms with Crippen LogP contribution in [0.15, 0.2) is 36.5 Å². The lowest BCUT2D eigenvalue weighted by molar-refractivity contribution is -0.899. The Hall–Kier alpha value is -3.01. The SMILES string of the molecule is O=C1C(=O)N(C[NH+]2CCN(c3ccc(C(F)(F)F)c[nH+]3)CC2)c2cc(F)ccc21. The Balaban J connectivity index is 1.40. The van der Waals surface area contributed by atoms with Crippen LogP contribution in [0.1, 0.15) is 15.9 Å². The molecule has 0 atom stereocenters. The first-order valence-corrected chi connectivity index (χ1v) is 9.07. The number of halogens is 4. The van der Waals surface area contributed by atoms with Crippen LogP contribution in [0.3, 0.4) is 0 Å². The maximum atomic E-state index is 13.6. The summed E-state index contributed by atoms with van der Waals surface area (Å²) in [6.07, 6.45) is -3.46. The van der Waals surface area contributed by atoms with Crippen molar-refractivity contribution in [2.24, 2.45) is 0 Å². The van der Waals surface area contributed by atoms with Crippen molar-refractivity contribution in [3.63, 3.8) is 0 Å². The van der Waals surface area contributed by atoms with Crippen LogP contribution in [0.5, 0.6) is 0 Å². The van der Waals surface area contributed by atoms with Crippen molar-refractivity contribution in [1.82, 2.24) is 0 Å².